The highest BCUT2D eigenvalue weighted by molar-refractivity contribution is 6.35. The Morgan fingerprint density at radius 3 is 2.65 bits per heavy atom. The molecule has 20 heavy (non-hydrogen) atoms. The second-order valence-electron chi connectivity index (χ2n) is 4.34. The number of furan rings is 1. The molecule has 1 aromatic heterocycles. The molecule has 0 atom stereocenters. The molecule has 1 aromatic rings. The maximum Gasteiger partial charge on any atom is 0.309 e. The van der Waals surface area contributed by atoms with Crippen molar-refractivity contribution in [2.45, 2.75) is 32.7 Å². The highest BCUT2D eigenvalue weighted by atomic mass is 16.5. The summed E-state index contributed by atoms with van der Waals surface area (Å²) in [6, 6.07) is 3.45. The molecule has 0 fully saturated rings. The van der Waals surface area contributed by atoms with Gasteiger partial charge in [0, 0.05) is 19.8 Å². The monoisotopic (exact) mass is 282 g/mol. The minimum absolute atomic E-state index is 0.208. The number of unbranched alkanes of at least 4 members (excludes halogenated alkanes) is 1. The molecule has 6 nitrogen and oxygen atoms in total. The molecular weight excluding hydrogens is 260 g/mol. The van der Waals surface area contributed by atoms with E-state index < -0.39 is 11.8 Å². The third-order valence-electron chi connectivity index (χ3n) is 2.60. The predicted molar refractivity (Wildman–Crippen MR) is 73.9 cm³/mol. The number of amides is 2. The van der Waals surface area contributed by atoms with Crippen LogP contribution in [0, 0.1) is 0 Å². The van der Waals surface area contributed by atoms with E-state index in [9.17, 15) is 9.59 Å². The van der Waals surface area contributed by atoms with Crippen molar-refractivity contribution >= 4 is 11.8 Å². The van der Waals surface area contributed by atoms with Crippen LogP contribution in [0.2, 0.25) is 0 Å². The van der Waals surface area contributed by atoms with E-state index in [2.05, 4.69) is 17.6 Å². The minimum atomic E-state index is -0.659. The van der Waals surface area contributed by atoms with Crippen molar-refractivity contribution in [2.75, 3.05) is 19.8 Å². The van der Waals surface area contributed by atoms with E-state index in [-0.39, 0.29) is 6.54 Å². The zero-order valence-electron chi connectivity index (χ0n) is 11.8. The smallest absolute Gasteiger partial charge is 0.309 e. The molecule has 1 rings (SSSR count). The average Bonchev–Trinajstić information content (AvgIpc) is 2.96. The Morgan fingerprint density at radius 2 is 1.95 bits per heavy atom. The van der Waals surface area contributed by atoms with Gasteiger partial charge in [-0.05, 0) is 25.0 Å². The van der Waals surface area contributed by atoms with Crippen molar-refractivity contribution in [1.82, 2.24) is 10.6 Å². The normalized spacial score (nSPS) is 10.2. The van der Waals surface area contributed by atoms with Gasteiger partial charge < -0.3 is 19.8 Å². The summed E-state index contributed by atoms with van der Waals surface area (Å²) in [7, 11) is 0. The number of carbonyl (C=O) groups is 2. The zero-order chi connectivity index (χ0) is 14.6. The Labute approximate surface area is 118 Å². The lowest BCUT2D eigenvalue weighted by Crippen LogP contribution is -2.40. The zero-order valence-corrected chi connectivity index (χ0v) is 11.8. The maximum absolute atomic E-state index is 11.4. The summed E-state index contributed by atoms with van der Waals surface area (Å²) >= 11 is 0. The van der Waals surface area contributed by atoms with Crippen LogP contribution < -0.4 is 10.6 Å². The van der Waals surface area contributed by atoms with Crippen LogP contribution in [0.1, 0.15) is 31.9 Å². The first-order chi connectivity index (χ1) is 9.74. The van der Waals surface area contributed by atoms with Gasteiger partial charge in [0.25, 0.3) is 0 Å². The third kappa shape index (κ3) is 6.94. The van der Waals surface area contributed by atoms with Crippen molar-refractivity contribution in [3.8, 4) is 0 Å². The number of hydrogen-bond acceptors (Lipinski definition) is 4. The first-order valence-electron chi connectivity index (χ1n) is 6.90. The van der Waals surface area contributed by atoms with E-state index in [4.69, 9.17) is 9.15 Å². The van der Waals surface area contributed by atoms with E-state index >= 15 is 0 Å². The third-order valence-corrected chi connectivity index (χ3v) is 2.60. The van der Waals surface area contributed by atoms with Crippen LogP contribution in [0.5, 0.6) is 0 Å². The Morgan fingerprint density at radius 1 is 1.20 bits per heavy atom. The fourth-order valence-corrected chi connectivity index (χ4v) is 1.47. The fraction of sp³-hybridized carbons (Fsp3) is 0.571. The molecule has 0 aliphatic rings. The Hall–Kier alpha value is -1.82. The molecule has 6 heteroatoms. The molecule has 1 heterocycles. The minimum Gasteiger partial charge on any atom is -0.467 e. The molecule has 112 valence electrons. The van der Waals surface area contributed by atoms with Gasteiger partial charge in [0.05, 0.1) is 12.8 Å². The fourth-order valence-electron chi connectivity index (χ4n) is 1.47. The molecule has 0 aliphatic heterocycles. The Bertz CT molecular complexity index is 390. The topological polar surface area (TPSA) is 80.6 Å². The predicted octanol–water partition coefficient (Wildman–Crippen LogP) is 1.22. The van der Waals surface area contributed by atoms with Crippen LogP contribution in [0.25, 0.3) is 0 Å². The van der Waals surface area contributed by atoms with Gasteiger partial charge in [0.15, 0.2) is 0 Å². The number of rotatable bonds is 9. The Balaban J connectivity index is 2.02. The summed E-state index contributed by atoms with van der Waals surface area (Å²) in [5, 5.41) is 5.02. The van der Waals surface area contributed by atoms with Gasteiger partial charge in [-0.15, -0.1) is 0 Å². The van der Waals surface area contributed by atoms with Crippen LogP contribution in [-0.2, 0) is 20.9 Å². The van der Waals surface area contributed by atoms with E-state index in [1.54, 1.807) is 12.1 Å². The molecule has 0 unspecified atom stereocenters. The second-order valence-corrected chi connectivity index (χ2v) is 4.34. The molecule has 0 radical (unpaired) electrons. The van der Waals surface area contributed by atoms with Gasteiger partial charge in [-0.1, -0.05) is 13.3 Å². The van der Waals surface area contributed by atoms with E-state index in [0.29, 0.717) is 25.3 Å². The van der Waals surface area contributed by atoms with Gasteiger partial charge in [-0.3, -0.25) is 9.59 Å². The van der Waals surface area contributed by atoms with Crippen LogP contribution >= 0.6 is 0 Å². The molecule has 0 saturated carbocycles. The quantitative estimate of drug-likeness (QED) is 0.527. The lowest BCUT2D eigenvalue weighted by Gasteiger charge is -2.06. The molecule has 0 saturated heterocycles. The number of ether oxygens (including phenoxy) is 1. The van der Waals surface area contributed by atoms with Gasteiger partial charge in [-0.25, -0.2) is 0 Å². The molecule has 0 aliphatic carbocycles. The highest BCUT2D eigenvalue weighted by Crippen LogP contribution is 1.98. The van der Waals surface area contributed by atoms with Crippen molar-refractivity contribution in [3.05, 3.63) is 24.2 Å². The Kier molecular flexibility index (Phi) is 8.14. The summed E-state index contributed by atoms with van der Waals surface area (Å²) in [5.41, 5.74) is 0. The summed E-state index contributed by atoms with van der Waals surface area (Å²) in [5.74, 6) is -0.686. The standard InChI is InChI=1S/C14H22N2O4/c1-2-3-8-19-9-5-7-15-13(17)14(18)16-11-12-6-4-10-20-12/h4,6,10H,2-3,5,7-9,11H2,1H3,(H,15,17)(H,16,18). The van der Waals surface area contributed by atoms with Gasteiger partial charge >= 0.3 is 11.8 Å². The van der Waals surface area contributed by atoms with Gasteiger partial charge in [0.1, 0.15) is 5.76 Å². The first kappa shape index (κ1) is 16.2. The van der Waals surface area contributed by atoms with Crippen molar-refractivity contribution in [1.29, 1.82) is 0 Å². The van der Waals surface area contributed by atoms with Crippen LogP contribution in [0.3, 0.4) is 0 Å². The van der Waals surface area contributed by atoms with E-state index in [1.165, 1.54) is 6.26 Å². The van der Waals surface area contributed by atoms with Gasteiger partial charge in [-0.2, -0.15) is 0 Å². The van der Waals surface area contributed by atoms with Crippen LogP contribution in [-0.4, -0.2) is 31.6 Å². The van der Waals surface area contributed by atoms with Crippen molar-refractivity contribution in [2.24, 2.45) is 0 Å². The summed E-state index contributed by atoms with van der Waals surface area (Å²) < 4.78 is 10.4. The largest absolute Gasteiger partial charge is 0.467 e. The average molecular weight is 282 g/mol. The van der Waals surface area contributed by atoms with Crippen molar-refractivity contribution in [3.63, 3.8) is 0 Å². The SMILES string of the molecule is CCCCOCCCNC(=O)C(=O)NCc1ccco1. The first-order valence-corrected chi connectivity index (χ1v) is 6.90. The molecule has 0 spiro atoms. The molecule has 2 amide bonds. The number of carbonyl (C=O) groups excluding carboxylic acids is 2. The summed E-state index contributed by atoms with van der Waals surface area (Å²) in [6.07, 6.45) is 4.36. The molecule has 2 N–H and O–H groups in total. The maximum atomic E-state index is 11.4. The summed E-state index contributed by atoms with van der Waals surface area (Å²) in [4.78, 5) is 22.9. The van der Waals surface area contributed by atoms with Crippen LogP contribution in [0.4, 0.5) is 0 Å². The lowest BCUT2D eigenvalue weighted by atomic mass is 10.3. The number of nitrogens with one attached hydrogen (secondary N) is 2. The van der Waals surface area contributed by atoms with Crippen molar-refractivity contribution < 1.29 is 18.7 Å². The highest BCUT2D eigenvalue weighted by Gasteiger charge is 2.12. The van der Waals surface area contributed by atoms with E-state index in [1.807, 2.05) is 0 Å². The second kappa shape index (κ2) is 10.0. The molecular formula is C14H22N2O4. The van der Waals surface area contributed by atoms with Gasteiger partial charge in [0.2, 0.25) is 0 Å². The molecule has 0 bridgehead atoms. The lowest BCUT2D eigenvalue weighted by molar-refractivity contribution is -0.139. The van der Waals surface area contributed by atoms with E-state index in [0.717, 1.165) is 19.4 Å². The van der Waals surface area contributed by atoms with Crippen LogP contribution in [0.15, 0.2) is 22.8 Å². The number of hydrogen-bond donors (Lipinski definition) is 2. The molecule has 0 aromatic carbocycles. The summed E-state index contributed by atoms with van der Waals surface area (Å²) in [6.45, 7) is 4.08.